The molecule has 0 spiro atoms. The maximum absolute atomic E-state index is 10.6. The molecule has 0 saturated carbocycles. The van der Waals surface area contributed by atoms with Crippen LogP contribution in [0.5, 0.6) is 0 Å². The van der Waals surface area contributed by atoms with Crippen molar-refractivity contribution >= 4 is 11.4 Å². The predicted molar refractivity (Wildman–Crippen MR) is 64.1 cm³/mol. The first kappa shape index (κ1) is 11.1. The minimum absolute atomic E-state index is 0.0877. The van der Waals surface area contributed by atoms with Crippen LogP contribution >= 0.6 is 0 Å². The van der Waals surface area contributed by atoms with Crippen molar-refractivity contribution in [3.63, 3.8) is 0 Å². The summed E-state index contributed by atoms with van der Waals surface area (Å²) in [4.78, 5) is 10.1. The number of aromatic nitrogens is 2. The number of nitro groups is 1. The number of hydrogen-bond acceptors (Lipinski definition) is 4. The van der Waals surface area contributed by atoms with Crippen molar-refractivity contribution in [1.29, 1.82) is 0 Å². The molecule has 0 radical (unpaired) electrons. The monoisotopic (exact) mass is 232 g/mol. The number of rotatable bonds is 2. The predicted octanol–water partition coefficient (Wildman–Crippen LogP) is 1.98. The van der Waals surface area contributed by atoms with Crippen molar-refractivity contribution < 1.29 is 4.92 Å². The lowest BCUT2D eigenvalue weighted by Gasteiger charge is -2.05. The standard InChI is InChI=1S/C11H12N4O2/c1-7-5-8(2)14(13-7)9-3-4-11(15(16)17)10(12)6-9/h3-6H,12H2,1-2H3. The van der Waals surface area contributed by atoms with E-state index >= 15 is 0 Å². The van der Waals surface area contributed by atoms with Crippen molar-refractivity contribution in [1.82, 2.24) is 9.78 Å². The lowest BCUT2D eigenvalue weighted by Crippen LogP contribution is -2.02. The fourth-order valence-electron chi connectivity index (χ4n) is 1.73. The summed E-state index contributed by atoms with van der Waals surface area (Å²) in [6.45, 7) is 3.80. The van der Waals surface area contributed by atoms with E-state index < -0.39 is 4.92 Å². The summed E-state index contributed by atoms with van der Waals surface area (Å²) in [5, 5.41) is 14.9. The maximum atomic E-state index is 10.6. The van der Waals surface area contributed by atoms with Crippen LogP contribution in [-0.2, 0) is 0 Å². The molecule has 0 aliphatic carbocycles. The van der Waals surface area contributed by atoms with Gasteiger partial charge in [0, 0.05) is 11.8 Å². The topological polar surface area (TPSA) is 87.0 Å². The molecule has 0 atom stereocenters. The highest BCUT2D eigenvalue weighted by molar-refractivity contribution is 5.62. The zero-order chi connectivity index (χ0) is 12.6. The minimum atomic E-state index is -0.500. The van der Waals surface area contributed by atoms with Gasteiger partial charge in [-0.3, -0.25) is 10.1 Å². The Bertz CT molecular complexity index is 589. The number of hydrogen-bond donors (Lipinski definition) is 1. The Balaban J connectivity index is 2.51. The van der Waals surface area contributed by atoms with E-state index in [2.05, 4.69) is 5.10 Å². The third-order valence-corrected chi connectivity index (χ3v) is 2.46. The van der Waals surface area contributed by atoms with E-state index in [1.807, 2.05) is 19.9 Å². The second-order valence-electron chi connectivity index (χ2n) is 3.84. The molecule has 0 aliphatic heterocycles. The number of nitrogens with two attached hydrogens (primary N) is 1. The van der Waals surface area contributed by atoms with Gasteiger partial charge in [-0.25, -0.2) is 4.68 Å². The van der Waals surface area contributed by atoms with Crippen LogP contribution in [0.4, 0.5) is 11.4 Å². The zero-order valence-electron chi connectivity index (χ0n) is 9.54. The number of benzene rings is 1. The van der Waals surface area contributed by atoms with Gasteiger partial charge in [-0.1, -0.05) is 0 Å². The smallest absolute Gasteiger partial charge is 0.292 e. The Morgan fingerprint density at radius 3 is 2.53 bits per heavy atom. The van der Waals surface area contributed by atoms with Gasteiger partial charge in [-0.2, -0.15) is 5.10 Å². The molecular weight excluding hydrogens is 220 g/mol. The van der Waals surface area contributed by atoms with Crippen LogP contribution in [0.2, 0.25) is 0 Å². The molecule has 1 aromatic carbocycles. The lowest BCUT2D eigenvalue weighted by molar-refractivity contribution is -0.383. The molecule has 1 aromatic heterocycles. The van der Waals surface area contributed by atoms with Crippen molar-refractivity contribution in [3.05, 3.63) is 45.8 Å². The molecule has 17 heavy (non-hydrogen) atoms. The van der Waals surface area contributed by atoms with E-state index in [1.165, 1.54) is 6.07 Å². The van der Waals surface area contributed by atoms with Gasteiger partial charge in [0.05, 0.1) is 16.3 Å². The molecule has 88 valence electrons. The highest BCUT2D eigenvalue weighted by Crippen LogP contribution is 2.24. The number of nitro benzene ring substituents is 1. The van der Waals surface area contributed by atoms with Crippen LogP contribution < -0.4 is 5.73 Å². The Labute approximate surface area is 97.8 Å². The van der Waals surface area contributed by atoms with E-state index in [0.29, 0.717) is 0 Å². The molecule has 6 nitrogen and oxygen atoms in total. The molecule has 0 aliphatic rings. The Morgan fingerprint density at radius 1 is 1.35 bits per heavy atom. The zero-order valence-corrected chi connectivity index (χ0v) is 9.54. The average Bonchev–Trinajstić information content (AvgIpc) is 2.57. The summed E-state index contributed by atoms with van der Waals surface area (Å²) in [5.74, 6) is 0. The summed E-state index contributed by atoms with van der Waals surface area (Å²) in [6, 6.07) is 6.50. The fourth-order valence-corrected chi connectivity index (χ4v) is 1.73. The van der Waals surface area contributed by atoms with Gasteiger partial charge >= 0.3 is 0 Å². The number of anilines is 1. The van der Waals surface area contributed by atoms with Gasteiger partial charge in [-0.05, 0) is 32.0 Å². The second-order valence-corrected chi connectivity index (χ2v) is 3.84. The van der Waals surface area contributed by atoms with Crippen molar-refractivity contribution in [2.45, 2.75) is 13.8 Å². The molecule has 0 amide bonds. The average molecular weight is 232 g/mol. The SMILES string of the molecule is Cc1cc(C)n(-c2ccc([N+](=O)[O-])c(N)c2)n1. The number of nitrogen functional groups attached to an aromatic ring is 1. The molecule has 0 saturated heterocycles. The van der Waals surface area contributed by atoms with Crippen molar-refractivity contribution in [2.24, 2.45) is 0 Å². The van der Waals surface area contributed by atoms with Gasteiger partial charge < -0.3 is 5.73 Å². The Hall–Kier alpha value is -2.37. The molecule has 2 aromatic rings. The summed E-state index contributed by atoms with van der Waals surface area (Å²) in [7, 11) is 0. The molecule has 0 unspecified atom stereocenters. The summed E-state index contributed by atoms with van der Waals surface area (Å²) < 4.78 is 1.70. The summed E-state index contributed by atoms with van der Waals surface area (Å²) in [6.07, 6.45) is 0. The van der Waals surface area contributed by atoms with Gasteiger partial charge in [0.15, 0.2) is 0 Å². The first-order valence-electron chi connectivity index (χ1n) is 5.06. The van der Waals surface area contributed by atoms with Crippen LogP contribution in [0.1, 0.15) is 11.4 Å². The largest absolute Gasteiger partial charge is 0.393 e. The van der Waals surface area contributed by atoms with Gasteiger partial charge in [0.25, 0.3) is 5.69 Å². The maximum Gasteiger partial charge on any atom is 0.292 e. The third-order valence-electron chi connectivity index (χ3n) is 2.46. The van der Waals surface area contributed by atoms with E-state index in [0.717, 1.165) is 17.1 Å². The van der Waals surface area contributed by atoms with Gasteiger partial charge in [0.2, 0.25) is 0 Å². The molecule has 2 N–H and O–H groups in total. The molecular formula is C11H12N4O2. The third kappa shape index (κ3) is 1.96. The first-order chi connectivity index (χ1) is 7.99. The quantitative estimate of drug-likeness (QED) is 0.487. The van der Waals surface area contributed by atoms with Gasteiger partial charge in [0.1, 0.15) is 5.69 Å². The number of aryl methyl sites for hydroxylation is 2. The van der Waals surface area contributed by atoms with Crippen LogP contribution in [0.25, 0.3) is 5.69 Å². The van der Waals surface area contributed by atoms with E-state index in [4.69, 9.17) is 5.73 Å². The van der Waals surface area contributed by atoms with Crippen LogP contribution in [-0.4, -0.2) is 14.7 Å². The Kier molecular flexibility index (Phi) is 2.55. The molecule has 0 fully saturated rings. The summed E-state index contributed by atoms with van der Waals surface area (Å²) >= 11 is 0. The first-order valence-corrected chi connectivity index (χ1v) is 5.06. The normalized spacial score (nSPS) is 10.5. The fraction of sp³-hybridized carbons (Fsp3) is 0.182. The van der Waals surface area contributed by atoms with Crippen molar-refractivity contribution in [3.8, 4) is 5.69 Å². The molecule has 0 bridgehead atoms. The Morgan fingerprint density at radius 2 is 2.06 bits per heavy atom. The van der Waals surface area contributed by atoms with Gasteiger partial charge in [-0.15, -0.1) is 0 Å². The van der Waals surface area contributed by atoms with Crippen LogP contribution in [0, 0.1) is 24.0 Å². The molecule has 2 rings (SSSR count). The van der Waals surface area contributed by atoms with E-state index in [-0.39, 0.29) is 11.4 Å². The van der Waals surface area contributed by atoms with Crippen molar-refractivity contribution in [2.75, 3.05) is 5.73 Å². The molecule has 6 heteroatoms. The lowest BCUT2D eigenvalue weighted by atomic mass is 10.2. The van der Waals surface area contributed by atoms with Crippen LogP contribution in [0.3, 0.4) is 0 Å². The minimum Gasteiger partial charge on any atom is -0.393 e. The highest BCUT2D eigenvalue weighted by atomic mass is 16.6. The number of nitrogens with zero attached hydrogens (tertiary/aromatic N) is 3. The summed E-state index contributed by atoms with van der Waals surface area (Å²) in [5.41, 5.74) is 8.25. The van der Waals surface area contributed by atoms with E-state index in [1.54, 1.807) is 16.8 Å². The highest BCUT2D eigenvalue weighted by Gasteiger charge is 2.13. The molecule has 1 heterocycles. The van der Waals surface area contributed by atoms with Crippen LogP contribution in [0.15, 0.2) is 24.3 Å². The second kappa shape index (κ2) is 3.89. The van der Waals surface area contributed by atoms with E-state index in [9.17, 15) is 10.1 Å².